The van der Waals surface area contributed by atoms with Gasteiger partial charge in [-0.3, -0.25) is 16.0 Å². The average Bonchev–Trinajstić information content (AvgIpc) is 2.45. The van der Waals surface area contributed by atoms with Gasteiger partial charge in [-0.2, -0.15) is 0 Å². The van der Waals surface area contributed by atoms with Crippen LogP contribution in [0.2, 0.25) is 5.02 Å². The zero-order valence-corrected chi connectivity index (χ0v) is 13.0. The minimum absolute atomic E-state index is 0.0998. The van der Waals surface area contributed by atoms with Gasteiger partial charge in [-0.1, -0.05) is 39.7 Å². The first kappa shape index (κ1) is 15.6. The van der Waals surface area contributed by atoms with Crippen LogP contribution in [0.15, 0.2) is 40.9 Å². The largest absolute Gasteiger partial charge is 0.487 e. The third-order valence-electron chi connectivity index (χ3n) is 2.75. The summed E-state index contributed by atoms with van der Waals surface area (Å²) >= 11 is 9.35. The van der Waals surface area contributed by atoms with Gasteiger partial charge in [0.25, 0.3) is 5.69 Å². The van der Waals surface area contributed by atoms with Gasteiger partial charge in [0.15, 0.2) is 0 Å². The molecule has 0 amide bonds. The molecule has 0 radical (unpaired) electrons. The number of anilines is 1. The van der Waals surface area contributed by atoms with Crippen LogP contribution < -0.4 is 16.0 Å². The van der Waals surface area contributed by atoms with Crippen LogP contribution >= 0.6 is 27.5 Å². The number of ether oxygens (including phenoxy) is 1. The molecule has 0 aliphatic heterocycles. The number of nitrogens with one attached hydrogen (secondary N) is 1. The van der Waals surface area contributed by atoms with E-state index in [1.165, 1.54) is 6.07 Å². The number of nitrogens with zero attached hydrogens (tertiary/aromatic N) is 1. The highest BCUT2D eigenvalue weighted by molar-refractivity contribution is 9.10. The Bertz CT molecular complexity index is 682. The van der Waals surface area contributed by atoms with Crippen molar-refractivity contribution >= 4 is 38.9 Å². The summed E-state index contributed by atoms with van der Waals surface area (Å²) in [6, 6.07) is 9.82. The summed E-state index contributed by atoms with van der Waals surface area (Å²) in [7, 11) is 0. The molecule has 8 heteroatoms. The fourth-order valence-corrected chi connectivity index (χ4v) is 2.50. The van der Waals surface area contributed by atoms with Crippen LogP contribution in [0.5, 0.6) is 5.75 Å². The summed E-state index contributed by atoms with van der Waals surface area (Å²) in [6.45, 7) is 0.0998. The van der Waals surface area contributed by atoms with Crippen molar-refractivity contribution in [2.45, 2.75) is 6.61 Å². The smallest absolute Gasteiger partial charge is 0.294 e. The second-order valence-electron chi connectivity index (χ2n) is 4.08. The molecule has 0 bridgehead atoms. The third kappa shape index (κ3) is 3.63. The Morgan fingerprint density at radius 1 is 1.38 bits per heavy atom. The van der Waals surface area contributed by atoms with Crippen LogP contribution in [0.3, 0.4) is 0 Å². The number of benzene rings is 2. The first-order valence-electron chi connectivity index (χ1n) is 5.83. The molecule has 0 spiro atoms. The molecule has 21 heavy (non-hydrogen) atoms. The van der Waals surface area contributed by atoms with E-state index in [9.17, 15) is 10.1 Å². The molecular weight excluding hydrogens is 362 g/mol. The van der Waals surface area contributed by atoms with E-state index in [4.69, 9.17) is 22.2 Å². The van der Waals surface area contributed by atoms with Crippen LogP contribution in [0.4, 0.5) is 11.4 Å². The minimum Gasteiger partial charge on any atom is -0.487 e. The molecule has 0 heterocycles. The van der Waals surface area contributed by atoms with Crippen LogP contribution in [-0.4, -0.2) is 4.92 Å². The second-order valence-corrected chi connectivity index (χ2v) is 5.40. The molecular formula is C13H11BrClN3O3. The highest BCUT2D eigenvalue weighted by atomic mass is 79.9. The Kier molecular flexibility index (Phi) is 5.00. The summed E-state index contributed by atoms with van der Waals surface area (Å²) in [5.74, 6) is 5.85. The quantitative estimate of drug-likeness (QED) is 0.472. The lowest BCUT2D eigenvalue weighted by atomic mass is 10.1. The molecule has 0 fully saturated rings. The van der Waals surface area contributed by atoms with E-state index in [1.807, 2.05) is 0 Å². The molecule has 2 aromatic rings. The Labute approximate surface area is 134 Å². The minimum atomic E-state index is -0.509. The van der Waals surface area contributed by atoms with E-state index < -0.39 is 4.92 Å². The monoisotopic (exact) mass is 371 g/mol. The molecule has 0 aliphatic rings. The van der Waals surface area contributed by atoms with E-state index in [-0.39, 0.29) is 18.0 Å². The van der Waals surface area contributed by atoms with E-state index >= 15 is 0 Å². The summed E-state index contributed by atoms with van der Waals surface area (Å²) in [5.41, 5.74) is 3.01. The number of nitrogen functional groups attached to an aromatic ring is 1. The van der Waals surface area contributed by atoms with Crippen molar-refractivity contribution in [2.24, 2.45) is 5.84 Å². The van der Waals surface area contributed by atoms with Gasteiger partial charge in [-0.05, 0) is 18.2 Å². The second kappa shape index (κ2) is 6.75. The lowest BCUT2D eigenvalue weighted by molar-refractivity contribution is -0.384. The lowest BCUT2D eigenvalue weighted by Gasteiger charge is -2.12. The van der Waals surface area contributed by atoms with E-state index in [2.05, 4.69) is 21.4 Å². The number of hydrogen-bond acceptors (Lipinski definition) is 5. The van der Waals surface area contributed by atoms with Gasteiger partial charge in [0.2, 0.25) is 0 Å². The number of rotatable bonds is 5. The molecule has 0 atom stereocenters. The molecule has 6 nitrogen and oxygen atoms in total. The molecule has 0 aliphatic carbocycles. The van der Waals surface area contributed by atoms with Gasteiger partial charge in [0, 0.05) is 16.1 Å². The summed E-state index contributed by atoms with van der Waals surface area (Å²) in [6.07, 6.45) is 0. The standard InChI is InChI=1S/C13H11BrClN3O3/c14-9-4-5-12(10(15)6-9)21-7-8-2-1-3-11(18(19)20)13(8)17-16/h1-6,17H,7,16H2. The third-order valence-corrected chi connectivity index (χ3v) is 3.54. The average molecular weight is 373 g/mol. The Morgan fingerprint density at radius 2 is 2.14 bits per heavy atom. The van der Waals surface area contributed by atoms with Crippen LogP contribution in [0, 0.1) is 10.1 Å². The topological polar surface area (TPSA) is 90.4 Å². The number of para-hydroxylation sites is 1. The fourth-order valence-electron chi connectivity index (χ4n) is 1.77. The van der Waals surface area contributed by atoms with Crippen LogP contribution in [0.1, 0.15) is 5.56 Å². The van der Waals surface area contributed by atoms with Crippen molar-refractivity contribution in [3.63, 3.8) is 0 Å². The van der Waals surface area contributed by atoms with Crippen molar-refractivity contribution in [1.82, 2.24) is 0 Å². The lowest BCUT2D eigenvalue weighted by Crippen LogP contribution is -2.12. The molecule has 110 valence electrons. The molecule has 3 N–H and O–H groups in total. The highest BCUT2D eigenvalue weighted by Crippen LogP contribution is 2.31. The number of hydrogen-bond donors (Lipinski definition) is 2. The van der Waals surface area contributed by atoms with Crippen molar-refractivity contribution < 1.29 is 9.66 Å². The van der Waals surface area contributed by atoms with Crippen molar-refractivity contribution in [3.8, 4) is 5.75 Å². The first-order valence-corrected chi connectivity index (χ1v) is 7.00. The fraction of sp³-hybridized carbons (Fsp3) is 0.0769. The highest BCUT2D eigenvalue weighted by Gasteiger charge is 2.17. The Balaban J connectivity index is 2.24. The van der Waals surface area contributed by atoms with Gasteiger partial charge in [-0.25, -0.2) is 0 Å². The number of nitro benzene ring substituents is 1. The first-order chi connectivity index (χ1) is 10.0. The van der Waals surface area contributed by atoms with Gasteiger partial charge in [0.1, 0.15) is 18.0 Å². The van der Waals surface area contributed by atoms with E-state index in [0.717, 1.165) is 4.47 Å². The molecule has 2 aromatic carbocycles. The zero-order valence-electron chi connectivity index (χ0n) is 10.7. The summed E-state index contributed by atoms with van der Waals surface area (Å²) in [5, 5.41) is 11.4. The van der Waals surface area contributed by atoms with E-state index in [0.29, 0.717) is 16.3 Å². The predicted octanol–water partition coefficient (Wildman–Crippen LogP) is 3.88. The van der Waals surface area contributed by atoms with Gasteiger partial charge >= 0.3 is 0 Å². The zero-order chi connectivity index (χ0) is 15.4. The number of halogens is 2. The maximum absolute atomic E-state index is 10.9. The van der Waals surface area contributed by atoms with Crippen molar-refractivity contribution in [3.05, 3.63) is 61.6 Å². The SMILES string of the molecule is NNc1c(COc2ccc(Br)cc2Cl)cccc1[N+](=O)[O-]. The van der Waals surface area contributed by atoms with Gasteiger partial charge in [0.05, 0.1) is 9.95 Å². The number of nitro groups is 1. The van der Waals surface area contributed by atoms with E-state index in [1.54, 1.807) is 30.3 Å². The predicted molar refractivity (Wildman–Crippen MR) is 84.4 cm³/mol. The molecule has 0 saturated carbocycles. The summed E-state index contributed by atoms with van der Waals surface area (Å²) in [4.78, 5) is 10.4. The summed E-state index contributed by atoms with van der Waals surface area (Å²) < 4.78 is 6.42. The van der Waals surface area contributed by atoms with Crippen molar-refractivity contribution in [1.29, 1.82) is 0 Å². The number of nitrogens with two attached hydrogens (primary N) is 1. The molecule has 0 saturated heterocycles. The maximum atomic E-state index is 10.9. The van der Waals surface area contributed by atoms with Gasteiger partial charge < -0.3 is 10.2 Å². The van der Waals surface area contributed by atoms with Crippen LogP contribution in [-0.2, 0) is 6.61 Å². The Morgan fingerprint density at radius 3 is 2.76 bits per heavy atom. The van der Waals surface area contributed by atoms with Gasteiger partial charge in [-0.15, -0.1) is 0 Å². The number of hydrazine groups is 1. The molecule has 0 unspecified atom stereocenters. The molecule has 2 rings (SSSR count). The molecule has 0 aromatic heterocycles. The Hall–Kier alpha value is -1.83. The normalized spacial score (nSPS) is 10.2. The van der Waals surface area contributed by atoms with Crippen LogP contribution in [0.25, 0.3) is 0 Å². The maximum Gasteiger partial charge on any atom is 0.294 e. The van der Waals surface area contributed by atoms with Crippen molar-refractivity contribution in [2.75, 3.05) is 5.43 Å².